The summed E-state index contributed by atoms with van der Waals surface area (Å²) in [5.74, 6) is 7.21. The third kappa shape index (κ3) is 5.54. The molecule has 5 aromatic carbocycles. The van der Waals surface area contributed by atoms with Gasteiger partial charge in [0.25, 0.3) is 0 Å². The van der Waals surface area contributed by atoms with Crippen LogP contribution in [0.2, 0.25) is 17.3 Å². The molecule has 6 heteroatoms. The van der Waals surface area contributed by atoms with Crippen LogP contribution in [0, 0.1) is 12.1 Å². The molecule has 1 aliphatic rings. The molecule has 0 unspecified atom stereocenters. The Labute approximate surface area is 319 Å². The van der Waals surface area contributed by atoms with Crippen LogP contribution < -0.4 is 4.40 Å². The van der Waals surface area contributed by atoms with E-state index in [0.717, 1.165) is 66.4 Å². The fourth-order valence-corrected chi connectivity index (χ4v) is 10.7. The van der Waals surface area contributed by atoms with Crippen LogP contribution in [0.3, 0.4) is 0 Å². The first-order valence-electron chi connectivity index (χ1n) is 17.4. The second-order valence-electron chi connectivity index (χ2n) is 14.8. The van der Waals surface area contributed by atoms with Crippen molar-refractivity contribution in [2.75, 3.05) is 0 Å². The molecular weight excluding hydrogens is 877 g/mol. The van der Waals surface area contributed by atoms with Crippen molar-refractivity contribution in [1.29, 1.82) is 0 Å². The van der Waals surface area contributed by atoms with Crippen LogP contribution in [0.25, 0.3) is 77.5 Å². The van der Waals surface area contributed by atoms with Crippen LogP contribution in [-0.4, -0.2) is 23.2 Å². The van der Waals surface area contributed by atoms with E-state index in [1.807, 2.05) is 54.7 Å². The van der Waals surface area contributed by atoms with Gasteiger partial charge in [-0.2, -0.15) is 0 Å². The molecular formula is C46H36GeIrN2O2-2. The number of furan rings is 2. The number of nitrogens with zero attached hydrogens (tertiary/aromatic N) is 2. The molecule has 0 aliphatic heterocycles. The summed E-state index contributed by atoms with van der Waals surface area (Å²) in [5, 5.41) is 4.40. The molecule has 0 N–H and O–H groups in total. The monoisotopic (exact) mass is 915 g/mol. The fourth-order valence-electron chi connectivity index (χ4n) is 7.67. The van der Waals surface area contributed by atoms with Crippen LogP contribution >= 0.6 is 0 Å². The van der Waals surface area contributed by atoms with Gasteiger partial charge in [0.15, 0.2) is 0 Å². The first kappa shape index (κ1) is 34.3. The van der Waals surface area contributed by atoms with Crippen molar-refractivity contribution in [2.24, 2.45) is 0 Å². The molecule has 0 saturated carbocycles. The molecule has 1 aliphatic carbocycles. The first-order valence-corrected chi connectivity index (χ1v) is 24.7. The van der Waals surface area contributed by atoms with Gasteiger partial charge in [0.05, 0.1) is 0 Å². The Morgan fingerprint density at radius 1 is 0.615 bits per heavy atom. The van der Waals surface area contributed by atoms with Crippen LogP contribution in [0.4, 0.5) is 0 Å². The Morgan fingerprint density at radius 2 is 1.40 bits per heavy atom. The van der Waals surface area contributed by atoms with Crippen molar-refractivity contribution in [1.82, 2.24) is 9.97 Å². The standard InChI is InChI=1S/C35H28GeNO2.C11H8N.Ir/c1-35(2)26-14-7-6-10-23(26)31-27(35)17-16-22-20-11-8-13-24(32(20)39-34(22)31)29-18-30-25(19-37-29)21-12-9-15-28(33(21)38-30)36(3,4)5;1-2-6-10(7-3-1)11-8-4-5-9-12-11;/h6-12,14-19H,1-5H3;1-6,8-9H;/q2*-1;. The minimum atomic E-state index is -2.12. The average molecular weight is 914 g/mol. The van der Waals surface area contributed by atoms with Gasteiger partial charge < -0.3 is 4.98 Å². The molecule has 0 atom stereocenters. The Bertz CT molecular complexity index is 2720. The molecule has 0 spiro atoms. The second kappa shape index (κ2) is 13.0. The van der Waals surface area contributed by atoms with Crippen LogP contribution in [0.1, 0.15) is 25.0 Å². The number of pyridine rings is 2. The normalized spacial score (nSPS) is 13.1. The number of hydrogen-bond acceptors (Lipinski definition) is 4. The summed E-state index contributed by atoms with van der Waals surface area (Å²) in [6.07, 6.45) is 3.73. The van der Waals surface area contributed by atoms with E-state index >= 15 is 0 Å². The zero-order valence-corrected chi connectivity index (χ0v) is 34.2. The molecule has 1 radical (unpaired) electrons. The Hall–Kier alpha value is -4.81. The van der Waals surface area contributed by atoms with Crippen LogP contribution in [0.15, 0.2) is 136 Å². The number of aromatic nitrogens is 2. The predicted octanol–water partition coefficient (Wildman–Crippen LogP) is 11.7. The van der Waals surface area contributed by atoms with Gasteiger partial charge in [-0.3, -0.25) is 0 Å². The smallest absolute Gasteiger partial charge is 0.0160 e. The molecule has 0 amide bonds. The Morgan fingerprint density at radius 3 is 2.19 bits per heavy atom. The quantitative estimate of drug-likeness (QED) is 0.131. The summed E-state index contributed by atoms with van der Waals surface area (Å²) in [4.78, 5) is 9.12. The zero-order valence-electron chi connectivity index (χ0n) is 29.7. The predicted molar refractivity (Wildman–Crippen MR) is 212 cm³/mol. The number of para-hydroxylation sites is 1. The average Bonchev–Trinajstić information content (AvgIpc) is 3.79. The third-order valence-electron chi connectivity index (χ3n) is 10.2. The van der Waals surface area contributed by atoms with Gasteiger partial charge in [-0.15, -0.1) is 35.9 Å². The largest absolute Gasteiger partial charge is 0.305 e. The number of fused-ring (bicyclic) bond motifs is 10. The van der Waals surface area contributed by atoms with Crippen molar-refractivity contribution in [3.05, 3.63) is 151 Å². The van der Waals surface area contributed by atoms with E-state index in [2.05, 4.69) is 115 Å². The minimum absolute atomic E-state index is 0. The Balaban J connectivity index is 0.000000253. The van der Waals surface area contributed by atoms with E-state index < -0.39 is 13.3 Å². The van der Waals surface area contributed by atoms with E-state index in [4.69, 9.17) is 13.8 Å². The summed E-state index contributed by atoms with van der Waals surface area (Å²) in [7, 11) is 0. The van der Waals surface area contributed by atoms with E-state index in [1.165, 1.54) is 26.6 Å². The summed E-state index contributed by atoms with van der Waals surface area (Å²) in [6.45, 7) is 4.60. The van der Waals surface area contributed by atoms with Crippen LogP contribution in [-0.2, 0) is 25.5 Å². The molecule has 4 aromatic heterocycles. The maximum Gasteiger partial charge on any atom is 0.0160 e. The van der Waals surface area contributed by atoms with Crippen molar-refractivity contribution in [2.45, 2.75) is 36.5 Å². The summed E-state index contributed by atoms with van der Waals surface area (Å²) < 4.78 is 14.7. The maximum atomic E-state index is 6.77. The molecule has 10 rings (SSSR count). The molecule has 4 nitrogen and oxygen atoms in total. The maximum absolute atomic E-state index is 6.77. The van der Waals surface area contributed by atoms with Crippen molar-refractivity contribution < 1.29 is 28.9 Å². The van der Waals surface area contributed by atoms with Gasteiger partial charge in [0.2, 0.25) is 0 Å². The molecule has 52 heavy (non-hydrogen) atoms. The Kier molecular flexibility index (Phi) is 8.57. The van der Waals surface area contributed by atoms with Gasteiger partial charge >= 0.3 is 181 Å². The number of benzene rings is 5. The van der Waals surface area contributed by atoms with E-state index in [0.29, 0.717) is 0 Å². The molecule has 9 aromatic rings. The third-order valence-corrected chi connectivity index (χ3v) is 14.5. The molecule has 257 valence electrons. The molecule has 0 saturated heterocycles. The summed E-state index contributed by atoms with van der Waals surface area (Å²) in [5.41, 5.74) is 12.3. The van der Waals surface area contributed by atoms with Gasteiger partial charge in [0, 0.05) is 31.7 Å². The minimum Gasteiger partial charge on any atom is -0.305 e. The van der Waals surface area contributed by atoms with Gasteiger partial charge in [0.1, 0.15) is 0 Å². The molecule has 0 fully saturated rings. The van der Waals surface area contributed by atoms with E-state index in [-0.39, 0.29) is 25.5 Å². The fraction of sp³-hybridized carbons (Fsp3) is 0.130. The van der Waals surface area contributed by atoms with Crippen molar-refractivity contribution >= 4 is 61.5 Å². The van der Waals surface area contributed by atoms with Crippen molar-refractivity contribution in [3.8, 4) is 33.6 Å². The zero-order chi connectivity index (χ0) is 34.9. The van der Waals surface area contributed by atoms with E-state index in [9.17, 15) is 0 Å². The van der Waals surface area contributed by atoms with Gasteiger partial charge in [-0.05, 0) is 17.3 Å². The molecule has 4 heterocycles. The number of rotatable bonds is 3. The second-order valence-corrected chi connectivity index (χ2v) is 25.4. The van der Waals surface area contributed by atoms with Gasteiger partial charge in [-0.25, -0.2) is 0 Å². The van der Waals surface area contributed by atoms with Gasteiger partial charge in [-0.1, -0.05) is 50.2 Å². The molecule has 0 bridgehead atoms. The first-order chi connectivity index (χ1) is 24.7. The number of hydrogen-bond donors (Lipinski definition) is 0. The van der Waals surface area contributed by atoms with E-state index in [1.54, 1.807) is 6.20 Å². The topological polar surface area (TPSA) is 52.1 Å². The summed E-state index contributed by atoms with van der Waals surface area (Å²) >= 11 is -2.12. The van der Waals surface area contributed by atoms with Crippen molar-refractivity contribution in [3.63, 3.8) is 0 Å². The summed E-state index contributed by atoms with van der Waals surface area (Å²) in [6, 6.07) is 46.1. The SMILES string of the molecule is CC1(C)c2ccccc2-c2c1ccc1c2oc2c(-c3cc4oc5[c]([Ge]([CH3])([CH3])[CH3])cccc5c4cn3)[c-]ccc21.[Ir].[c-]1ccccc1-c1ccccn1. The van der Waals surface area contributed by atoms with Crippen LogP contribution in [0.5, 0.6) is 0 Å².